The highest BCUT2D eigenvalue weighted by Gasteiger charge is 2.12. The molecular weight excluding hydrogens is 289 g/mol. The van der Waals surface area contributed by atoms with Crippen molar-refractivity contribution < 1.29 is 18.7 Å². The van der Waals surface area contributed by atoms with E-state index in [-0.39, 0.29) is 22.3 Å². The molecule has 0 atom stereocenters. The fourth-order valence-electron chi connectivity index (χ4n) is 1.17. The maximum Gasteiger partial charge on any atom is 0.306 e. The Bertz CT molecular complexity index is 494. The van der Waals surface area contributed by atoms with E-state index in [1.54, 1.807) is 6.07 Å². The number of hydrogen-bond acceptors (Lipinski definition) is 5. The summed E-state index contributed by atoms with van der Waals surface area (Å²) in [6.45, 7) is 0. The zero-order valence-electron chi connectivity index (χ0n) is 10.1. The van der Waals surface area contributed by atoms with E-state index >= 15 is 0 Å². The van der Waals surface area contributed by atoms with Gasteiger partial charge in [-0.1, -0.05) is 36.1 Å². The van der Waals surface area contributed by atoms with Crippen molar-refractivity contribution in [3.8, 4) is 0 Å². The van der Waals surface area contributed by atoms with Gasteiger partial charge in [0.15, 0.2) is 0 Å². The molecule has 4 nitrogen and oxygen atoms in total. The third-order valence-electron chi connectivity index (χ3n) is 2.10. The Morgan fingerprint density at radius 3 is 2.74 bits per heavy atom. The molecule has 19 heavy (non-hydrogen) atoms. The van der Waals surface area contributed by atoms with E-state index in [1.807, 2.05) is 0 Å². The molecule has 1 rings (SSSR count). The van der Waals surface area contributed by atoms with Gasteiger partial charge in [0.25, 0.3) is 5.91 Å². The second kappa shape index (κ2) is 7.85. The molecule has 0 saturated carbocycles. The first kappa shape index (κ1) is 15.6. The maximum atomic E-state index is 13.3. The second-order valence-electron chi connectivity index (χ2n) is 3.40. The third-order valence-corrected chi connectivity index (χ3v) is 3.33. The predicted octanol–water partition coefficient (Wildman–Crippen LogP) is 2.14. The normalized spacial score (nSPS) is 9.79. The first-order valence-electron chi connectivity index (χ1n) is 5.34. The van der Waals surface area contributed by atoms with Crippen molar-refractivity contribution in [2.75, 3.05) is 12.9 Å². The molecule has 0 aromatic heterocycles. The molecule has 0 aliphatic rings. The van der Waals surface area contributed by atoms with Crippen LogP contribution < -0.4 is 5.32 Å². The highest BCUT2D eigenvalue weighted by Crippen LogP contribution is 2.09. The van der Waals surface area contributed by atoms with Crippen LogP contribution in [-0.2, 0) is 9.53 Å². The lowest BCUT2D eigenvalue weighted by atomic mass is 10.2. The number of nitrogens with one attached hydrogen (secondary N) is 1. The number of methoxy groups -OCH3 is 1. The van der Waals surface area contributed by atoms with Crippen molar-refractivity contribution in [1.82, 2.24) is 5.32 Å². The first-order valence-corrected chi connectivity index (χ1v) is 6.73. The molecule has 7 heteroatoms. The summed E-state index contributed by atoms with van der Waals surface area (Å²) < 4.78 is 18.0. The van der Waals surface area contributed by atoms with Crippen molar-refractivity contribution in [2.45, 2.75) is 6.42 Å². The van der Waals surface area contributed by atoms with Crippen LogP contribution in [0.15, 0.2) is 24.3 Å². The summed E-state index contributed by atoms with van der Waals surface area (Å²) in [6, 6.07) is 5.62. The number of thioether (sulfide) groups is 1. The maximum absolute atomic E-state index is 13.3. The number of benzene rings is 1. The Morgan fingerprint density at radius 1 is 1.42 bits per heavy atom. The van der Waals surface area contributed by atoms with E-state index in [9.17, 15) is 14.0 Å². The van der Waals surface area contributed by atoms with Gasteiger partial charge in [-0.15, -0.1) is 0 Å². The lowest BCUT2D eigenvalue weighted by molar-refractivity contribution is -0.140. The molecule has 0 aliphatic heterocycles. The van der Waals surface area contributed by atoms with Crippen molar-refractivity contribution in [3.63, 3.8) is 0 Å². The van der Waals surface area contributed by atoms with E-state index in [1.165, 1.54) is 25.3 Å². The zero-order valence-corrected chi connectivity index (χ0v) is 11.8. The number of carbonyl (C=O) groups excluding carboxylic acids is 2. The lowest BCUT2D eigenvalue weighted by Crippen LogP contribution is -2.28. The van der Waals surface area contributed by atoms with Crippen molar-refractivity contribution in [3.05, 3.63) is 35.6 Å². The fourth-order valence-corrected chi connectivity index (χ4v) is 2.13. The summed E-state index contributed by atoms with van der Waals surface area (Å²) in [6.07, 6.45) is 0.191. The molecule has 0 radical (unpaired) electrons. The molecule has 0 unspecified atom stereocenters. The number of ether oxygens (including phenoxy) is 1. The number of halogens is 1. The van der Waals surface area contributed by atoms with E-state index in [0.717, 1.165) is 11.8 Å². The van der Waals surface area contributed by atoms with Gasteiger partial charge in [0.05, 0.1) is 19.1 Å². The van der Waals surface area contributed by atoms with Crippen molar-refractivity contribution in [2.24, 2.45) is 0 Å². The molecule has 0 saturated heterocycles. The monoisotopic (exact) mass is 301 g/mol. The molecule has 0 aliphatic carbocycles. The van der Waals surface area contributed by atoms with Crippen LogP contribution in [0.2, 0.25) is 0 Å². The average molecular weight is 301 g/mol. The molecule has 1 aromatic carbocycles. The van der Waals surface area contributed by atoms with Gasteiger partial charge in [0.1, 0.15) is 10.1 Å². The summed E-state index contributed by atoms with van der Waals surface area (Å²) in [5.74, 6) is -1.17. The van der Waals surface area contributed by atoms with E-state index in [0.29, 0.717) is 5.75 Å². The molecule has 0 bridgehead atoms. The minimum Gasteiger partial charge on any atom is -0.469 e. The summed E-state index contributed by atoms with van der Waals surface area (Å²) in [4.78, 5) is 22.6. The lowest BCUT2D eigenvalue weighted by Gasteiger charge is -2.06. The minimum atomic E-state index is -0.609. The Balaban J connectivity index is 2.43. The number of hydrogen-bond donors (Lipinski definition) is 1. The van der Waals surface area contributed by atoms with Crippen molar-refractivity contribution >= 4 is 40.2 Å². The van der Waals surface area contributed by atoms with Crippen LogP contribution in [0.25, 0.3) is 0 Å². The Labute approximate surface area is 119 Å². The van der Waals surface area contributed by atoms with Gasteiger partial charge >= 0.3 is 5.97 Å². The summed E-state index contributed by atoms with van der Waals surface area (Å²) in [5.41, 5.74) is -0.0709. The van der Waals surface area contributed by atoms with Gasteiger partial charge in [-0.3, -0.25) is 9.59 Å². The van der Waals surface area contributed by atoms with E-state index in [2.05, 4.69) is 10.1 Å². The Hall–Kier alpha value is -1.47. The van der Waals surface area contributed by atoms with Crippen LogP contribution in [0.3, 0.4) is 0 Å². The highest BCUT2D eigenvalue weighted by atomic mass is 32.2. The average Bonchev–Trinajstić information content (AvgIpc) is 2.38. The van der Waals surface area contributed by atoms with E-state index < -0.39 is 11.7 Å². The third kappa shape index (κ3) is 5.35. The molecule has 0 fully saturated rings. The number of carbonyl (C=O) groups is 2. The number of esters is 1. The minimum absolute atomic E-state index is 0.0709. The summed E-state index contributed by atoms with van der Waals surface area (Å²) in [5, 5.41) is 2.39. The molecular formula is C12H12FNO3S2. The number of thiocarbonyl (C=S) groups is 1. The van der Waals surface area contributed by atoms with Crippen molar-refractivity contribution in [1.29, 1.82) is 0 Å². The Kier molecular flexibility index (Phi) is 6.44. The fraction of sp³-hybridized carbons (Fsp3) is 0.250. The van der Waals surface area contributed by atoms with Crippen LogP contribution in [0.1, 0.15) is 16.8 Å². The molecule has 102 valence electrons. The quantitative estimate of drug-likeness (QED) is 0.682. The highest BCUT2D eigenvalue weighted by molar-refractivity contribution is 8.23. The zero-order chi connectivity index (χ0) is 14.3. The standard InChI is InChI=1S/C12H12FNO3S2/c1-17-10(15)6-7-19-12(18)14-11(16)8-4-2-3-5-9(8)13/h2-5H,6-7H2,1H3,(H,14,16,18). The van der Waals surface area contributed by atoms with Crippen LogP contribution >= 0.6 is 24.0 Å². The molecule has 1 aromatic rings. The molecule has 0 heterocycles. The van der Waals surface area contributed by atoms with Crippen LogP contribution in [0.4, 0.5) is 4.39 Å². The van der Waals surface area contributed by atoms with Crippen LogP contribution in [0.5, 0.6) is 0 Å². The summed E-state index contributed by atoms with van der Waals surface area (Å²) in [7, 11) is 1.30. The number of amides is 1. The first-order chi connectivity index (χ1) is 9.04. The van der Waals surface area contributed by atoms with Gasteiger partial charge in [-0.05, 0) is 12.1 Å². The van der Waals surface area contributed by atoms with Gasteiger partial charge < -0.3 is 10.1 Å². The van der Waals surface area contributed by atoms with Crippen LogP contribution in [-0.4, -0.2) is 29.1 Å². The SMILES string of the molecule is COC(=O)CCSC(=S)NC(=O)c1ccccc1F. The largest absolute Gasteiger partial charge is 0.469 e. The van der Waals surface area contributed by atoms with Gasteiger partial charge in [-0.25, -0.2) is 4.39 Å². The molecule has 1 N–H and O–H groups in total. The number of rotatable bonds is 4. The van der Waals surface area contributed by atoms with Crippen LogP contribution in [0, 0.1) is 5.82 Å². The molecule has 1 amide bonds. The predicted molar refractivity (Wildman–Crippen MR) is 75.6 cm³/mol. The molecule has 0 spiro atoms. The topological polar surface area (TPSA) is 55.4 Å². The smallest absolute Gasteiger partial charge is 0.306 e. The van der Waals surface area contributed by atoms with Gasteiger partial charge in [0, 0.05) is 5.75 Å². The second-order valence-corrected chi connectivity index (χ2v) is 5.17. The summed E-state index contributed by atoms with van der Waals surface area (Å²) >= 11 is 6.04. The van der Waals surface area contributed by atoms with Gasteiger partial charge in [0.2, 0.25) is 0 Å². The Morgan fingerprint density at radius 2 is 2.11 bits per heavy atom. The van der Waals surface area contributed by atoms with Gasteiger partial charge in [-0.2, -0.15) is 0 Å². The van der Waals surface area contributed by atoms with E-state index in [4.69, 9.17) is 12.2 Å².